The molecule has 1 N–H and O–H groups in total. The molecule has 0 fully saturated rings. The molecule has 0 bridgehead atoms. The number of aryl methyl sites for hydroxylation is 1. The van der Waals surface area contributed by atoms with Crippen molar-refractivity contribution in [3.05, 3.63) is 40.7 Å². The zero-order valence-electron chi connectivity index (χ0n) is 8.90. The van der Waals surface area contributed by atoms with Gasteiger partial charge in [0, 0.05) is 10.4 Å². The Kier molecular flexibility index (Phi) is 3.31. The topological polar surface area (TPSA) is 33.1 Å². The van der Waals surface area contributed by atoms with Crippen molar-refractivity contribution >= 4 is 11.3 Å². The summed E-state index contributed by atoms with van der Waals surface area (Å²) >= 11 is 1.51. The van der Waals surface area contributed by atoms with Crippen molar-refractivity contribution < 1.29 is 9.50 Å². The molecule has 84 valence electrons. The Morgan fingerprint density at radius 3 is 2.81 bits per heavy atom. The van der Waals surface area contributed by atoms with Crippen LogP contribution in [-0.4, -0.2) is 10.1 Å². The predicted octanol–water partition coefficient (Wildman–Crippen LogP) is 3.00. The fourth-order valence-electron chi connectivity index (χ4n) is 1.53. The number of halogens is 1. The Hall–Kier alpha value is -1.26. The van der Waals surface area contributed by atoms with Crippen molar-refractivity contribution in [1.29, 1.82) is 0 Å². The van der Waals surface area contributed by atoms with Gasteiger partial charge in [-0.1, -0.05) is 19.1 Å². The summed E-state index contributed by atoms with van der Waals surface area (Å²) in [5.74, 6) is -0.267. The fraction of sp³-hybridized carbons (Fsp3) is 0.250. The number of benzene rings is 1. The molecule has 2 nitrogen and oxygen atoms in total. The summed E-state index contributed by atoms with van der Waals surface area (Å²) in [6.45, 7) is 1.96. The molecular formula is C12H12FNOS. The van der Waals surface area contributed by atoms with Gasteiger partial charge in [0.15, 0.2) is 0 Å². The van der Waals surface area contributed by atoms with E-state index in [1.165, 1.54) is 23.5 Å². The van der Waals surface area contributed by atoms with E-state index < -0.39 is 0 Å². The second kappa shape index (κ2) is 4.72. The first-order valence-electron chi connectivity index (χ1n) is 5.10. The minimum atomic E-state index is -0.267. The minimum Gasteiger partial charge on any atom is -0.390 e. The van der Waals surface area contributed by atoms with Crippen LogP contribution in [0, 0.1) is 5.82 Å². The number of hydrogen-bond donors (Lipinski definition) is 1. The average Bonchev–Trinajstić information content (AvgIpc) is 2.72. The van der Waals surface area contributed by atoms with Gasteiger partial charge in [0.2, 0.25) is 0 Å². The Labute approximate surface area is 97.4 Å². The SMILES string of the molecule is CCc1sc(-c2cccc(F)c2)nc1CO. The van der Waals surface area contributed by atoms with E-state index in [4.69, 9.17) is 5.11 Å². The Morgan fingerprint density at radius 1 is 1.44 bits per heavy atom. The lowest BCUT2D eigenvalue weighted by molar-refractivity contribution is 0.276. The fourth-order valence-corrected chi connectivity index (χ4v) is 2.53. The minimum absolute atomic E-state index is 0.0605. The van der Waals surface area contributed by atoms with E-state index in [0.717, 1.165) is 21.9 Å². The molecule has 0 saturated heterocycles. The van der Waals surface area contributed by atoms with E-state index in [-0.39, 0.29) is 12.4 Å². The van der Waals surface area contributed by atoms with Crippen molar-refractivity contribution in [2.24, 2.45) is 0 Å². The molecule has 1 heterocycles. The number of aliphatic hydroxyl groups excluding tert-OH is 1. The maximum Gasteiger partial charge on any atom is 0.124 e. The van der Waals surface area contributed by atoms with Crippen LogP contribution in [0.5, 0.6) is 0 Å². The molecule has 0 unspecified atom stereocenters. The van der Waals surface area contributed by atoms with Crippen molar-refractivity contribution in [3.63, 3.8) is 0 Å². The van der Waals surface area contributed by atoms with Crippen LogP contribution in [0.15, 0.2) is 24.3 Å². The van der Waals surface area contributed by atoms with Crippen LogP contribution in [0.2, 0.25) is 0 Å². The Bertz CT molecular complexity index is 474. The third kappa shape index (κ3) is 2.13. The first-order valence-corrected chi connectivity index (χ1v) is 5.91. The van der Waals surface area contributed by atoms with Gasteiger partial charge in [0.05, 0.1) is 12.3 Å². The smallest absolute Gasteiger partial charge is 0.124 e. The molecule has 0 spiro atoms. The summed E-state index contributed by atoms with van der Waals surface area (Å²) in [6.07, 6.45) is 0.836. The summed E-state index contributed by atoms with van der Waals surface area (Å²) < 4.78 is 13.1. The van der Waals surface area contributed by atoms with Gasteiger partial charge in [-0.15, -0.1) is 11.3 Å². The van der Waals surface area contributed by atoms with Gasteiger partial charge in [0.25, 0.3) is 0 Å². The lowest BCUT2D eigenvalue weighted by Gasteiger charge is -1.95. The second-order valence-corrected chi connectivity index (χ2v) is 4.49. The van der Waals surface area contributed by atoms with Gasteiger partial charge < -0.3 is 5.11 Å². The molecule has 1 aromatic heterocycles. The highest BCUT2D eigenvalue weighted by molar-refractivity contribution is 7.15. The maximum absolute atomic E-state index is 13.1. The summed E-state index contributed by atoms with van der Waals surface area (Å²) in [5, 5.41) is 9.90. The van der Waals surface area contributed by atoms with E-state index in [0.29, 0.717) is 5.69 Å². The number of rotatable bonds is 3. The summed E-state index contributed by atoms with van der Waals surface area (Å²) in [6, 6.07) is 6.35. The molecule has 2 rings (SSSR count). The molecule has 0 radical (unpaired) electrons. The lowest BCUT2D eigenvalue weighted by atomic mass is 10.2. The molecule has 0 saturated carbocycles. The van der Waals surface area contributed by atoms with Crippen LogP contribution in [-0.2, 0) is 13.0 Å². The maximum atomic E-state index is 13.1. The summed E-state index contributed by atoms with van der Waals surface area (Å²) in [4.78, 5) is 5.37. The van der Waals surface area contributed by atoms with Gasteiger partial charge in [-0.2, -0.15) is 0 Å². The van der Waals surface area contributed by atoms with Crippen molar-refractivity contribution in [2.75, 3.05) is 0 Å². The molecule has 4 heteroatoms. The number of nitrogens with zero attached hydrogens (tertiary/aromatic N) is 1. The van der Waals surface area contributed by atoms with Crippen LogP contribution < -0.4 is 0 Å². The molecule has 2 aromatic rings. The molecule has 0 aliphatic carbocycles. The highest BCUT2D eigenvalue weighted by Gasteiger charge is 2.10. The monoisotopic (exact) mass is 237 g/mol. The number of aromatic nitrogens is 1. The third-order valence-electron chi connectivity index (χ3n) is 2.32. The first kappa shape index (κ1) is 11.2. The highest BCUT2D eigenvalue weighted by atomic mass is 32.1. The van der Waals surface area contributed by atoms with Crippen molar-refractivity contribution in [2.45, 2.75) is 20.0 Å². The van der Waals surface area contributed by atoms with E-state index >= 15 is 0 Å². The standard InChI is InChI=1S/C12H12FNOS/c1-2-11-10(7-15)14-12(16-11)8-4-3-5-9(13)6-8/h3-6,15H,2,7H2,1H3. The normalized spacial score (nSPS) is 10.7. The molecule has 1 aromatic carbocycles. The largest absolute Gasteiger partial charge is 0.390 e. The van der Waals surface area contributed by atoms with Crippen LogP contribution in [0.25, 0.3) is 10.6 Å². The number of thiazole rings is 1. The highest BCUT2D eigenvalue weighted by Crippen LogP contribution is 2.28. The molecule has 0 aliphatic heterocycles. The summed E-state index contributed by atoms with van der Waals surface area (Å²) in [7, 11) is 0. The molecular weight excluding hydrogens is 225 g/mol. The molecule has 0 amide bonds. The summed E-state index contributed by atoms with van der Waals surface area (Å²) in [5.41, 5.74) is 1.46. The second-order valence-electron chi connectivity index (χ2n) is 3.41. The van der Waals surface area contributed by atoms with Crippen molar-refractivity contribution in [3.8, 4) is 10.6 Å². The van der Waals surface area contributed by atoms with E-state index in [1.807, 2.05) is 13.0 Å². The van der Waals surface area contributed by atoms with Crippen LogP contribution in [0.4, 0.5) is 4.39 Å². The van der Waals surface area contributed by atoms with Crippen LogP contribution in [0.3, 0.4) is 0 Å². The van der Waals surface area contributed by atoms with Gasteiger partial charge in [0.1, 0.15) is 10.8 Å². The zero-order valence-corrected chi connectivity index (χ0v) is 9.72. The molecule has 0 atom stereocenters. The van der Waals surface area contributed by atoms with E-state index in [2.05, 4.69) is 4.98 Å². The van der Waals surface area contributed by atoms with Crippen LogP contribution in [0.1, 0.15) is 17.5 Å². The van der Waals surface area contributed by atoms with Gasteiger partial charge in [-0.3, -0.25) is 0 Å². The Balaban J connectivity index is 2.44. The van der Waals surface area contributed by atoms with Gasteiger partial charge in [-0.05, 0) is 18.6 Å². The average molecular weight is 237 g/mol. The quantitative estimate of drug-likeness (QED) is 0.890. The number of hydrogen-bond acceptors (Lipinski definition) is 3. The number of aliphatic hydroxyl groups is 1. The van der Waals surface area contributed by atoms with E-state index in [1.54, 1.807) is 6.07 Å². The first-order chi connectivity index (χ1) is 7.74. The third-order valence-corrected chi connectivity index (χ3v) is 3.61. The van der Waals surface area contributed by atoms with Crippen molar-refractivity contribution in [1.82, 2.24) is 4.98 Å². The predicted molar refractivity (Wildman–Crippen MR) is 62.8 cm³/mol. The molecule has 16 heavy (non-hydrogen) atoms. The van der Waals surface area contributed by atoms with Crippen LogP contribution >= 0.6 is 11.3 Å². The Morgan fingerprint density at radius 2 is 2.25 bits per heavy atom. The van der Waals surface area contributed by atoms with Gasteiger partial charge >= 0.3 is 0 Å². The van der Waals surface area contributed by atoms with E-state index in [9.17, 15) is 4.39 Å². The zero-order chi connectivity index (χ0) is 11.5. The lowest BCUT2D eigenvalue weighted by Crippen LogP contribution is -1.88. The molecule has 0 aliphatic rings. The van der Waals surface area contributed by atoms with Gasteiger partial charge in [-0.25, -0.2) is 9.37 Å².